The molecule has 2 amide bonds. The molecule has 25 heavy (non-hydrogen) atoms. The SMILES string of the molecule is Cc1ccc(-c2nnc(SCC(=O)N3CCCC[C@@H]3C(N)=O)o2)cc1. The Morgan fingerprint density at radius 1 is 1.28 bits per heavy atom. The minimum Gasteiger partial charge on any atom is -0.411 e. The topological polar surface area (TPSA) is 102 Å². The van der Waals surface area contributed by atoms with E-state index in [0.29, 0.717) is 24.1 Å². The fourth-order valence-electron chi connectivity index (χ4n) is 2.81. The van der Waals surface area contributed by atoms with Crippen molar-refractivity contribution in [3.63, 3.8) is 0 Å². The van der Waals surface area contributed by atoms with Gasteiger partial charge in [-0.1, -0.05) is 29.5 Å². The largest absolute Gasteiger partial charge is 0.411 e. The van der Waals surface area contributed by atoms with Crippen molar-refractivity contribution in [3.8, 4) is 11.5 Å². The molecule has 0 spiro atoms. The van der Waals surface area contributed by atoms with Gasteiger partial charge in [0.2, 0.25) is 17.7 Å². The molecule has 2 heterocycles. The van der Waals surface area contributed by atoms with Crippen LogP contribution in [0.1, 0.15) is 24.8 Å². The van der Waals surface area contributed by atoms with Crippen LogP contribution < -0.4 is 5.73 Å². The summed E-state index contributed by atoms with van der Waals surface area (Å²) in [5, 5.41) is 8.31. The first-order valence-electron chi connectivity index (χ1n) is 8.17. The minimum atomic E-state index is -0.507. The summed E-state index contributed by atoms with van der Waals surface area (Å²) in [4.78, 5) is 25.5. The molecule has 1 aromatic carbocycles. The zero-order chi connectivity index (χ0) is 17.8. The molecule has 2 N–H and O–H groups in total. The number of piperidine rings is 1. The molecule has 0 aliphatic carbocycles. The molecule has 1 aromatic heterocycles. The molecule has 0 radical (unpaired) electrons. The van der Waals surface area contributed by atoms with Gasteiger partial charge in [0, 0.05) is 12.1 Å². The summed E-state index contributed by atoms with van der Waals surface area (Å²) >= 11 is 1.17. The first kappa shape index (κ1) is 17.5. The monoisotopic (exact) mass is 360 g/mol. The van der Waals surface area contributed by atoms with E-state index in [1.807, 2.05) is 31.2 Å². The molecule has 7 nitrogen and oxygen atoms in total. The van der Waals surface area contributed by atoms with Crippen LogP contribution in [-0.2, 0) is 9.59 Å². The third-order valence-electron chi connectivity index (χ3n) is 4.18. The normalized spacial score (nSPS) is 17.5. The maximum Gasteiger partial charge on any atom is 0.277 e. The number of hydrogen-bond donors (Lipinski definition) is 1. The summed E-state index contributed by atoms with van der Waals surface area (Å²) in [7, 11) is 0. The lowest BCUT2D eigenvalue weighted by atomic mass is 10.0. The number of nitrogens with two attached hydrogens (primary N) is 1. The van der Waals surface area contributed by atoms with E-state index in [-0.39, 0.29) is 11.7 Å². The van der Waals surface area contributed by atoms with Gasteiger partial charge in [0.05, 0.1) is 5.75 Å². The molecule has 1 aliphatic rings. The van der Waals surface area contributed by atoms with Gasteiger partial charge in [-0.2, -0.15) is 0 Å². The van der Waals surface area contributed by atoms with Gasteiger partial charge in [0.1, 0.15) is 6.04 Å². The number of carbonyl (C=O) groups is 2. The maximum atomic E-state index is 12.4. The number of aryl methyl sites for hydroxylation is 1. The zero-order valence-corrected chi connectivity index (χ0v) is 14.8. The van der Waals surface area contributed by atoms with Gasteiger partial charge in [-0.25, -0.2) is 0 Å². The van der Waals surface area contributed by atoms with E-state index >= 15 is 0 Å². The number of amides is 2. The fraction of sp³-hybridized carbons (Fsp3) is 0.412. The number of aromatic nitrogens is 2. The van der Waals surface area contributed by atoms with Crippen molar-refractivity contribution in [1.29, 1.82) is 0 Å². The van der Waals surface area contributed by atoms with E-state index < -0.39 is 11.9 Å². The summed E-state index contributed by atoms with van der Waals surface area (Å²) in [6, 6.07) is 7.25. The number of primary amides is 1. The van der Waals surface area contributed by atoms with Crippen LogP contribution in [0, 0.1) is 6.92 Å². The van der Waals surface area contributed by atoms with Crippen molar-refractivity contribution in [2.45, 2.75) is 37.5 Å². The van der Waals surface area contributed by atoms with Gasteiger partial charge in [-0.15, -0.1) is 10.2 Å². The first-order valence-corrected chi connectivity index (χ1v) is 9.15. The molecule has 1 saturated heterocycles. The molecule has 8 heteroatoms. The lowest BCUT2D eigenvalue weighted by Gasteiger charge is -2.33. The van der Waals surface area contributed by atoms with Gasteiger partial charge >= 0.3 is 0 Å². The molecule has 0 unspecified atom stereocenters. The van der Waals surface area contributed by atoms with E-state index in [1.54, 1.807) is 4.90 Å². The van der Waals surface area contributed by atoms with Crippen LogP contribution >= 0.6 is 11.8 Å². The van der Waals surface area contributed by atoms with Crippen LogP contribution in [0.3, 0.4) is 0 Å². The van der Waals surface area contributed by atoms with Crippen LogP contribution in [0.5, 0.6) is 0 Å². The van der Waals surface area contributed by atoms with Crippen molar-refractivity contribution >= 4 is 23.6 Å². The number of thioether (sulfide) groups is 1. The standard InChI is InChI=1S/C17H20N4O3S/c1-11-5-7-12(8-6-11)16-19-20-17(24-16)25-10-14(22)21-9-3-2-4-13(21)15(18)23/h5-8,13H,2-4,9-10H2,1H3,(H2,18,23)/t13-/m1/s1. The van der Waals surface area contributed by atoms with Gasteiger partial charge < -0.3 is 15.1 Å². The molecule has 3 rings (SSSR count). The average molecular weight is 360 g/mol. The van der Waals surface area contributed by atoms with Gasteiger partial charge in [-0.3, -0.25) is 9.59 Å². The molecule has 1 aliphatic heterocycles. The predicted molar refractivity (Wildman–Crippen MR) is 93.7 cm³/mol. The third kappa shape index (κ3) is 4.19. The van der Waals surface area contributed by atoms with Crippen LogP contribution in [0.25, 0.3) is 11.5 Å². The number of rotatable bonds is 5. The van der Waals surface area contributed by atoms with Crippen LogP contribution in [-0.4, -0.2) is 45.3 Å². The summed E-state index contributed by atoms with van der Waals surface area (Å²) in [5.41, 5.74) is 7.38. The lowest BCUT2D eigenvalue weighted by molar-refractivity contribution is -0.138. The highest BCUT2D eigenvalue weighted by Crippen LogP contribution is 2.25. The van der Waals surface area contributed by atoms with E-state index in [0.717, 1.165) is 24.0 Å². The van der Waals surface area contributed by atoms with Crippen LogP contribution in [0.4, 0.5) is 0 Å². The van der Waals surface area contributed by atoms with Crippen molar-refractivity contribution in [2.75, 3.05) is 12.3 Å². The summed E-state index contributed by atoms with van der Waals surface area (Å²) in [6.45, 7) is 2.57. The Labute approximate surface area is 150 Å². The average Bonchev–Trinajstić information content (AvgIpc) is 3.09. The summed E-state index contributed by atoms with van der Waals surface area (Å²) < 4.78 is 5.60. The minimum absolute atomic E-state index is 0.136. The highest BCUT2D eigenvalue weighted by atomic mass is 32.2. The van der Waals surface area contributed by atoms with Crippen LogP contribution in [0.2, 0.25) is 0 Å². The van der Waals surface area contributed by atoms with E-state index in [2.05, 4.69) is 10.2 Å². The number of benzene rings is 1. The zero-order valence-electron chi connectivity index (χ0n) is 14.0. The Morgan fingerprint density at radius 2 is 2.04 bits per heavy atom. The van der Waals surface area contributed by atoms with E-state index in [1.165, 1.54) is 11.8 Å². The lowest BCUT2D eigenvalue weighted by Crippen LogP contribution is -2.51. The van der Waals surface area contributed by atoms with Crippen molar-refractivity contribution in [2.24, 2.45) is 5.73 Å². The Hall–Kier alpha value is -2.35. The second kappa shape index (κ2) is 7.69. The van der Waals surface area contributed by atoms with E-state index in [4.69, 9.17) is 10.2 Å². The van der Waals surface area contributed by atoms with Gasteiger partial charge in [0.15, 0.2) is 0 Å². The van der Waals surface area contributed by atoms with Gasteiger partial charge in [0.25, 0.3) is 5.22 Å². The molecular weight excluding hydrogens is 340 g/mol. The summed E-state index contributed by atoms with van der Waals surface area (Å²) in [6.07, 6.45) is 2.43. The molecule has 1 fully saturated rings. The van der Waals surface area contributed by atoms with Crippen molar-refractivity contribution in [1.82, 2.24) is 15.1 Å². The number of likely N-dealkylation sites (tertiary alicyclic amines) is 1. The Balaban J connectivity index is 1.61. The number of hydrogen-bond acceptors (Lipinski definition) is 6. The molecule has 1 atom stereocenters. The van der Waals surface area contributed by atoms with Crippen molar-refractivity contribution in [3.05, 3.63) is 29.8 Å². The second-order valence-corrected chi connectivity index (χ2v) is 6.96. The predicted octanol–water partition coefficient (Wildman–Crippen LogP) is 2.00. The maximum absolute atomic E-state index is 12.4. The van der Waals surface area contributed by atoms with Gasteiger partial charge in [-0.05, 0) is 38.3 Å². The van der Waals surface area contributed by atoms with E-state index in [9.17, 15) is 9.59 Å². The molecule has 2 aromatic rings. The number of carbonyl (C=O) groups excluding carboxylic acids is 2. The second-order valence-electron chi connectivity index (χ2n) is 6.03. The first-order chi connectivity index (χ1) is 12.0. The smallest absolute Gasteiger partial charge is 0.277 e. The van der Waals surface area contributed by atoms with Crippen molar-refractivity contribution < 1.29 is 14.0 Å². The Morgan fingerprint density at radius 3 is 2.76 bits per heavy atom. The Kier molecular flexibility index (Phi) is 5.37. The highest BCUT2D eigenvalue weighted by Gasteiger charge is 2.30. The quantitative estimate of drug-likeness (QED) is 0.818. The third-order valence-corrected chi connectivity index (χ3v) is 4.98. The molecule has 132 valence electrons. The summed E-state index contributed by atoms with van der Waals surface area (Å²) in [5.74, 6) is -0.0247. The van der Waals surface area contributed by atoms with Crippen LogP contribution in [0.15, 0.2) is 33.9 Å². The number of nitrogens with zero attached hydrogens (tertiary/aromatic N) is 3. The molecule has 0 bridgehead atoms. The fourth-order valence-corrected chi connectivity index (χ4v) is 3.46. The molecule has 0 saturated carbocycles. The molecular formula is C17H20N4O3S. The Bertz CT molecular complexity index is 760. The highest BCUT2D eigenvalue weighted by molar-refractivity contribution is 7.99.